The Bertz CT molecular complexity index is 1230. The summed E-state index contributed by atoms with van der Waals surface area (Å²) < 4.78 is 19.8. The van der Waals surface area contributed by atoms with Gasteiger partial charge in [0.05, 0.1) is 6.04 Å². The van der Waals surface area contributed by atoms with Crippen molar-refractivity contribution in [2.75, 3.05) is 6.54 Å². The molecule has 1 saturated carbocycles. The largest absolute Gasteiger partial charge is 0.481 e. The van der Waals surface area contributed by atoms with Crippen molar-refractivity contribution in [3.63, 3.8) is 0 Å². The predicted molar refractivity (Wildman–Crippen MR) is 134 cm³/mol. The van der Waals surface area contributed by atoms with Crippen LogP contribution in [0.1, 0.15) is 54.5 Å². The van der Waals surface area contributed by atoms with E-state index < -0.39 is 6.10 Å². The molecule has 1 aromatic heterocycles. The average molecular weight is 488 g/mol. The number of hydrogen-bond donors (Lipinski definition) is 1. The lowest BCUT2D eigenvalue weighted by molar-refractivity contribution is -0.134. The van der Waals surface area contributed by atoms with E-state index >= 15 is 0 Å². The van der Waals surface area contributed by atoms with Crippen molar-refractivity contribution in [3.8, 4) is 5.75 Å². The van der Waals surface area contributed by atoms with E-state index in [2.05, 4.69) is 10.3 Å². The molecule has 7 heteroatoms. The summed E-state index contributed by atoms with van der Waals surface area (Å²) in [6.07, 6.45) is 5.85. The van der Waals surface area contributed by atoms with Crippen molar-refractivity contribution in [3.05, 3.63) is 95.1 Å². The SMILES string of the molecule is CCC(Oc1ccc2c(c1)C(c1ccc(F)cc1)N(C(=O)C1CC1)CC2)C(=O)NCc1cccnc1. The molecule has 5 rings (SSSR count). The summed E-state index contributed by atoms with van der Waals surface area (Å²) in [4.78, 5) is 32.0. The smallest absolute Gasteiger partial charge is 0.261 e. The number of rotatable bonds is 8. The van der Waals surface area contributed by atoms with Crippen molar-refractivity contribution < 1.29 is 18.7 Å². The average Bonchev–Trinajstić information content (AvgIpc) is 3.76. The molecule has 186 valence electrons. The molecule has 1 aliphatic carbocycles. The van der Waals surface area contributed by atoms with Crippen molar-refractivity contribution in [1.82, 2.24) is 15.2 Å². The van der Waals surface area contributed by atoms with E-state index in [1.54, 1.807) is 24.5 Å². The van der Waals surface area contributed by atoms with Crippen LogP contribution in [-0.4, -0.2) is 34.3 Å². The van der Waals surface area contributed by atoms with Gasteiger partial charge in [0, 0.05) is 31.4 Å². The quantitative estimate of drug-likeness (QED) is 0.505. The van der Waals surface area contributed by atoms with E-state index in [1.165, 1.54) is 12.1 Å². The molecular weight excluding hydrogens is 457 g/mol. The summed E-state index contributed by atoms with van der Waals surface area (Å²) in [5.74, 6) is 0.309. The fourth-order valence-corrected chi connectivity index (χ4v) is 4.77. The van der Waals surface area contributed by atoms with Crippen molar-refractivity contribution in [1.29, 1.82) is 0 Å². The van der Waals surface area contributed by atoms with Gasteiger partial charge in [-0.05, 0) is 78.3 Å². The Balaban J connectivity index is 1.39. The molecule has 36 heavy (non-hydrogen) atoms. The van der Waals surface area contributed by atoms with Gasteiger partial charge in [0.1, 0.15) is 11.6 Å². The predicted octanol–water partition coefficient (Wildman–Crippen LogP) is 4.58. The minimum absolute atomic E-state index is 0.0851. The van der Waals surface area contributed by atoms with Crippen LogP contribution in [0, 0.1) is 11.7 Å². The van der Waals surface area contributed by atoms with E-state index in [-0.39, 0.29) is 29.6 Å². The van der Waals surface area contributed by atoms with Crippen LogP contribution in [-0.2, 0) is 22.6 Å². The van der Waals surface area contributed by atoms with Crippen LogP contribution in [0.3, 0.4) is 0 Å². The first-order valence-electron chi connectivity index (χ1n) is 12.6. The van der Waals surface area contributed by atoms with Gasteiger partial charge in [-0.2, -0.15) is 0 Å². The van der Waals surface area contributed by atoms with Gasteiger partial charge in [-0.1, -0.05) is 31.2 Å². The number of aromatic nitrogens is 1. The van der Waals surface area contributed by atoms with Crippen LogP contribution in [0.2, 0.25) is 0 Å². The van der Waals surface area contributed by atoms with Gasteiger partial charge in [0.15, 0.2) is 6.10 Å². The number of fused-ring (bicyclic) bond motifs is 1. The summed E-state index contributed by atoms with van der Waals surface area (Å²) in [6.45, 7) is 2.91. The van der Waals surface area contributed by atoms with Crippen LogP contribution in [0.4, 0.5) is 4.39 Å². The van der Waals surface area contributed by atoms with Crippen LogP contribution >= 0.6 is 0 Å². The van der Waals surface area contributed by atoms with Crippen LogP contribution in [0.25, 0.3) is 0 Å². The van der Waals surface area contributed by atoms with Crippen molar-refractivity contribution in [2.45, 2.75) is 51.3 Å². The molecule has 2 heterocycles. The molecule has 1 fully saturated rings. The molecule has 3 aromatic rings. The Morgan fingerprint density at radius 2 is 1.97 bits per heavy atom. The third kappa shape index (κ3) is 5.25. The number of amides is 2. The highest BCUT2D eigenvalue weighted by atomic mass is 19.1. The second kappa shape index (κ2) is 10.5. The Kier molecular flexibility index (Phi) is 6.98. The summed E-state index contributed by atoms with van der Waals surface area (Å²) >= 11 is 0. The van der Waals surface area contributed by atoms with Crippen molar-refractivity contribution in [2.24, 2.45) is 5.92 Å². The molecular formula is C29H30FN3O3. The lowest BCUT2D eigenvalue weighted by atomic mass is 9.87. The second-order valence-corrected chi connectivity index (χ2v) is 9.46. The van der Waals surface area contributed by atoms with Gasteiger partial charge in [0.25, 0.3) is 5.91 Å². The Hall–Kier alpha value is -3.74. The van der Waals surface area contributed by atoms with E-state index in [0.717, 1.165) is 41.5 Å². The van der Waals surface area contributed by atoms with Gasteiger partial charge in [0.2, 0.25) is 5.91 Å². The number of halogens is 1. The zero-order chi connectivity index (χ0) is 25.1. The molecule has 0 radical (unpaired) electrons. The van der Waals surface area contributed by atoms with E-state index in [0.29, 0.717) is 25.3 Å². The Morgan fingerprint density at radius 3 is 2.67 bits per heavy atom. The summed E-state index contributed by atoms with van der Waals surface area (Å²) in [7, 11) is 0. The molecule has 0 saturated heterocycles. The first-order valence-corrected chi connectivity index (χ1v) is 12.6. The Morgan fingerprint density at radius 1 is 1.17 bits per heavy atom. The Labute approximate surface area is 210 Å². The van der Waals surface area contributed by atoms with Gasteiger partial charge < -0.3 is 15.0 Å². The molecule has 2 amide bonds. The molecule has 2 unspecified atom stereocenters. The van der Waals surface area contributed by atoms with E-state index in [1.807, 2.05) is 42.2 Å². The minimum Gasteiger partial charge on any atom is -0.481 e. The normalized spacial score (nSPS) is 17.7. The zero-order valence-electron chi connectivity index (χ0n) is 20.3. The maximum Gasteiger partial charge on any atom is 0.261 e. The number of hydrogen-bond acceptors (Lipinski definition) is 4. The molecule has 2 aliphatic rings. The van der Waals surface area contributed by atoms with Gasteiger partial charge >= 0.3 is 0 Å². The topological polar surface area (TPSA) is 71.5 Å². The van der Waals surface area contributed by atoms with Crippen LogP contribution in [0.15, 0.2) is 67.0 Å². The minimum atomic E-state index is -0.656. The first-order chi connectivity index (χ1) is 17.5. The van der Waals surface area contributed by atoms with Gasteiger partial charge in [-0.3, -0.25) is 14.6 Å². The molecule has 2 aromatic carbocycles. The molecule has 0 bridgehead atoms. The molecule has 6 nitrogen and oxygen atoms in total. The third-order valence-electron chi connectivity index (χ3n) is 6.87. The molecule has 2 atom stereocenters. The molecule has 1 aliphatic heterocycles. The summed E-state index contributed by atoms with van der Waals surface area (Å²) in [5, 5.41) is 2.92. The zero-order valence-corrected chi connectivity index (χ0v) is 20.3. The third-order valence-corrected chi connectivity index (χ3v) is 6.87. The number of carbonyl (C=O) groups is 2. The highest BCUT2D eigenvalue weighted by molar-refractivity contribution is 5.82. The number of nitrogens with zero attached hydrogens (tertiary/aromatic N) is 2. The maximum atomic E-state index is 13.7. The van der Waals surface area contributed by atoms with E-state index in [4.69, 9.17) is 4.74 Å². The second-order valence-electron chi connectivity index (χ2n) is 9.46. The molecule has 0 spiro atoms. The van der Waals surface area contributed by atoms with Crippen LogP contribution < -0.4 is 10.1 Å². The maximum absolute atomic E-state index is 13.7. The highest BCUT2D eigenvalue weighted by Gasteiger charge is 2.39. The standard InChI is InChI=1S/C29H30FN3O3/c1-2-26(28(34)32-18-19-4-3-14-31-17-19)36-24-12-9-20-13-15-33(29(35)22-5-6-22)27(25(20)16-24)21-7-10-23(30)11-8-21/h3-4,7-12,14,16-17,22,26-27H,2,5-6,13,15,18H2,1H3,(H,32,34). The number of nitrogens with one attached hydrogen (secondary N) is 1. The van der Waals surface area contributed by atoms with Crippen molar-refractivity contribution >= 4 is 11.8 Å². The fourth-order valence-electron chi connectivity index (χ4n) is 4.77. The number of carbonyl (C=O) groups excluding carboxylic acids is 2. The van der Waals surface area contributed by atoms with Gasteiger partial charge in [-0.25, -0.2) is 4.39 Å². The van der Waals surface area contributed by atoms with E-state index in [9.17, 15) is 14.0 Å². The first kappa shape index (κ1) is 24.0. The van der Waals surface area contributed by atoms with Gasteiger partial charge in [-0.15, -0.1) is 0 Å². The lowest BCUT2D eigenvalue weighted by Gasteiger charge is -2.38. The lowest BCUT2D eigenvalue weighted by Crippen LogP contribution is -2.41. The monoisotopic (exact) mass is 487 g/mol. The van der Waals surface area contributed by atoms with Crippen LogP contribution in [0.5, 0.6) is 5.75 Å². The number of benzene rings is 2. The fraction of sp³-hybridized carbons (Fsp3) is 0.345. The molecule has 1 N–H and O–H groups in total. The highest BCUT2D eigenvalue weighted by Crippen LogP contribution is 2.41. The summed E-state index contributed by atoms with van der Waals surface area (Å²) in [6, 6.07) is 15.6. The summed E-state index contributed by atoms with van der Waals surface area (Å²) in [5.41, 5.74) is 3.87. The number of pyridine rings is 1. The number of ether oxygens (including phenoxy) is 1.